The molecular weight excluding hydrogens is 328 g/mol. The fourth-order valence-electron chi connectivity index (χ4n) is 2.28. The minimum absolute atomic E-state index is 0.231. The van der Waals surface area contributed by atoms with Gasteiger partial charge in [0.15, 0.2) is 0 Å². The van der Waals surface area contributed by atoms with Gasteiger partial charge in [0, 0.05) is 19.5 Å². The molecule has 5 nitrogen and oxygen atoms in total. The number of amides is 2. The van der Waals surface area contributed by atoms with Crippen LogP contribution >= 0.6 is 11.6 Å². The molecule has 0 bridgehead atoms. The summed E-state index contributed by atoms with van der Waals surface area (Å²) >= 11 is 5.80. The van der Waals surface area contributed by atoms with E-state index in [2.05, 4.69) is 5.32 Å². The van der Waals surface area contributed by atoms with Gasteiger partial charge in [-0.3, -0.25) is 4.79 Å². The number of rotatable bonds is 6. The Bertz CT molecular complexity index is 716. The first kappa shape index (κ1) is 17.8. The molecule has 0 saturated carbocycles. The van der Waals surface area contributed by atoms with Gasteiger partial charge in [0.2, 0.25) is 5.91 Å². The van der Waals surface area contributed by atoms with Crippen LogP contribution in [-0.4, -0.2) is 35.6 Å². The van der Waals surface area contributed by atoms with Gasteiger partial charge >= 0.3 is 6.09 Å². The van der Waals surface area contributed by atoms with Crippen molar-refractivity contribution in [1.29, 1.82) is 0 Å². The smallest absolute Gasteiger partial charge is 0.405 e. The van der Waals surface area contributed by atoms with Crippen LogP contribution in [-0.2, 0) is 17.2 Å². The van der Waals surface area contributed by atoms with Crippen molar-refractivity contribution in [3.63, 3.8) is 0 Å². The van der Waals surface area contributed by atoms with Gasteiger partial charge < -0.3 is 15.3 Å². The van der Waals surface area contributed by atoms with Crippen molar-refractivity contribution >= 4 is 23.6 Å². The van der Waals surface area contributed by atoms with Crippen LogP contribution in [0.4, 0.5) is 4.79 Å². The fraction of sp³-hybridized carbons (Fsp3) is 0.222. The van der Waals surface area contributed by atoms with Crippen LogP contribution in [0.25, 0.3) is 11.1 Å². The molecule has 0 spiro atoms. The Morgan fingerprint density at radius 3 is 2.42 bits per heavy atom. The number of hydrogen-bond acceptors (Lipinski definition) is 2. The predicted octanol–water partition coefficient (Wildman–Crippen LogP) is 3.32. The summed E-state index contributed by atoms with van der Waals surface area (Å²) in [6, 6.07) is 15.9. The third kappa shape index (κ3) is 4.99. The van der Waals surface area contributed by atoms with Crippen LogP contribution in [0.15, 0.2) is 48.5 Å². The molecule has 0 heterocycles. The molecule has 2 aromatic rings. The number of benzene rings is 2. The van der Waals surface area contributed by atoms with E-state index in [1.165, 1.54) is 4.90 Å². The van der Waals surface area contributed by atoms with E-state index in [-0.39, 0.29) is 12.5 Å². The monoisotopic (exact) mass is 346 g/mol. The Morgan fingerprint density at radius 1 is 1.08 bits per heavy atom. The van der Waals surface area contributed by atoms with Crippen molar-refractivity contribution in [3.8, 4) is 11.1 Å². The van der Waals surface area contributed by atoms with Crippen LogP contribution in [0.2, 0.25) is 0 Å². The molecule has 0 radical (unpaired) electrons. The van der Waals surface area contributed by atoms with Gasteiger partial charge in [0.1, 0.15) is 6.54 Å². The highest BCUT2D eigenvalue weighted by Gasteiger charge is 2.10. The molecule has 0 aromatic heterocycles. The second kappa shape index (κ2) is 8.36. The summed E-state index contributed by atoms with van der Waals surface area (Å²) in [5, 5.41) is 10.6. The molecule has 6 heteroatoms. The molecule has 24 heavy (non-hydrogen) atoms. The Balaban J connectivity index is 2.06. The highest BCUT2D eigenvalue weighted by molar-refractivity contribution is 6.17. The molecule has 0 atom stereocenters. The normalized spacial score (nSPS) is 10.2. The largest absolute Gasteiger partial charge is 0.465 e. The quantitative estimate of drug-likeness (QED) is 0.788. The summed E-state index contributed by atoms with van der Waals surface area (Å²) in [5.74, 6) is 0.201. The first-order valence-electron chi connectivity index (χ1n) is 7.44. The minimum Gasteiger partial charge on any atom is -0.465 e. The van der Waals surface area contributed by atoms with Crippen molar-refractivity contribution in [3.05, 3.63) is 59.7 Å². The molecule has 0 unspecified atom stereocenters. The van der Waals surface area contributed by atoms with E-state index in [1.54, 1.807) is 7.05 Å². The lowest BCUT2D eigenvalue weighted by Crippen LogP contribution is -2.37. The van der Waals surface area contributed by atoms with Crippen molar-refractivity contribution in [2.75, 3.05) is 13.6 Å². The first-order chi connectivity index (χ1) is 11.5. The summed E-state index contributed by atoms with van der Waals surface area (Å²) in [6.45, 7) is 0.180. The Morgan fingerprint density at radius 2 is 1.79 bits per heavy atom. The molecule has 0 aliphatic heterocycles. The van der Waals surface area contributed by atoms with Crippen molar-refractivity contribution in [1.82, 2.24) is 10.2 Å². The number of halogens is 1. The summed E-state index contributed by atoms with van der Waals surface area (Å²) in [6.07, 6.45) is -1.21. The van der Waals surface area contributed by atoms with E-state index in [9.17, 15) is 9.59 Å². The highest BCUT2D eigenvalue weighted by atomic mass is 35.5. The molecule has 0 fully saturated rings. The van der Waals surface area contributed by atoms with Gasteiger partial charge in [-0.05, 0) is 28.3 Å². The summed E-state index contributed by atoms with van der Waals surface area (Å²) < 4.78 is 0. The third-order valence-electron chi connectivity index (χ3n) is 3.60. The molecule has 2 amide bonds. The lowest BCUT2D eigenvalue weighted by molar-refractivity contribution is -0.129. The average Bonchev–Trinajstić information content (AvgIpc) is 2.59. The molecular formula is C18H19ClN2O3. The number of likely N-dealkylation sites (N-methyl/N-ethyl adjacent to an activating group) is 1. The van der Waals surface area contributed by atoms with Gasteiger partial charge in [-0.25, -0.2) is 4.79 Å². The maximum Gasteiger partial charge on any atom is 0.405 e. The average molecular weight is 347 g/mol. The Kier molecular flexibility index (Phi) is 6.21. The Labute approximate surface area is 145 Å². The maximum absolute atomic E-state index is 11.9. The summed E-state index contributed by atoms with van der Waals surface area (Å²) in [5.41, 5.74) is 4.17. The number of carboxylic acid groups (broad SMARTS) is 1. The van der Waals surface area contributed by atoms with E-state index in [1.807, 2.05) is 48.5 Å². The number of hydrogen-bond donors (Lipinski definition) is 2. The van der Waals surface area contributed by atoms with E-state index in [0.29, 0.717) is 12.4 Å². The van der Waals surface area contributed by atoms with Crippen molar-refractivity contribution in [2.45, 2.75) is 12.4 Å². The van der Waals surface area contributed by atoms with Crippen LogP contribution in [0.5, 0.6) is 0 Å². The lowest BCUT2D eigenvalue weighted by atomic mass is 10.0. The summed E-state index contributed by atoms with van der Waals surface area (Å²) in [4.78, 5) is 23.8. The standard InChI is InChI=1S/C18H19ClN2O3/c1-21(17(22)11-20-18(23)24)12-14-3-2-4-16(9-14)15-7-5-13(10-19)6-8-15/h2-9,20H,10-12H2,1H3,(H,23,24). The number of alkyl halides is 1. The van der Waals surface area contributed by atoms with E-state index < -0.39 is 6.09 Å². The molecule has 0 saturated heterocycles. The SMILES string of the molecule is CN(Cc1cccc(-c2ccc(CCl)cc2)c1)C(=O)CNC(=O)O. The molecule has 0 aliphatic rings. The van der Waals surface area contributed by atoms with E-state index in [0.717, 1.165) is 22.3 Å². The fourth-order valence-corrected chi connectivity index (χ4v) is 2.46. The molecule has 2 rings (SSSR count). The van der Waals surface area contributed by atoms with Gasteiger partial charge in [-0.1, -0.05) is 42.5 Å². The highest BCUT2D eigenvalue weighted by Crippen LogP contribution is 2.22. The van der Waals surface area contributed by atoms with Gasteiger partial charge in [0.25, 0.3) is 0 Å². The zero-order valence-corrected chi connectivity index (χ0v) is 14.1. The lowest BCUT2D eigenvalue weighted by Gasteiger charge is -2.17. The van der Waals surface area contributed by atoms with Gasteiger partial charge in [0.05, 0.1) is 0 Å². The van der Waals surface area contributed by atoms with Crippen LogP contribution in [0.1, 0.15) is 11.1 Å². The zero-order valence-electron chi connectivity index (χ0n) is 13.3. The molecule has 126 valence electrons. The molecule has 2 N–H and O–H groups in total. The number of nitrogens with zero attached hydrogens (tertiary/aromatic N) is 1. The third-order valence-corrected chi connectivity index (χ3v) is 3.91. The second-order valence-electron chi connectivity index (χ2n) is 5.44. The number of nitrogens with one attached hydrogen (secondary N) is 1. The van der Waals surface area contributed by atoms with Crippen molar-refractivity contribution in [2.24, 2.45) is 0 Å². The van der Waals surface area contributed by atoms with Crippen LogP contribution in [0, 0.1) is 0 Å². The molecule has 0 aliphatic carbocycles. The van der Waals surface area contributed by atoms with Gasteiger partial charge in [-0.2, -0.15) is 0 Å². The molecule has 2 aromatic carbocycles. The van der Waals surface area contributed by atoms with E-state index in [4.69, 9.17) is 16.7 Å². The number of carbonyl (C=O) groups is 2. The summed E-state index contributed by atoms with van der Waals surface area (Å²) in [7, 11) is 1.65. The number of carbonyl (C=O) groups excluding carboxylic acids is 1. The second-order valence-corrected chi connectivity index (χ2v) is 5.71. The van der Waals surface area contributed by atoms with Crippen LogP contribution in [0.3, 0.4) is 0 Å². The first-order valence-corrected chi connectivity index (χ1v) is 7.98. The minimum atomic E-state index is -1.21. The van der Waals surface area contributed by atoms with Crippen LogP contribution < -0.4 is 5.32 Å². The predicted molar refractivity (Wildman–Crippen MR) is 93.9 cm³/mol. The van der Waals surface area contributed by atoms with E-state index >= 15 is 0 Å². The topological polar surface area (TPSA) is 69.6 Å². The van der Waals surface area contributed by atoms with Gasteiger partial charge in [-0.15, -0.1) is 11.6 Å². The Hall–Kier alpha value is -2.53. The van der Waals surface area contributed by atoms with Crippen molar-refractivity contribution < 1.29 is 14.7 Å². The zero-order chi connectivity index (χ0) is 17.5. The maximum atomic E-state index is 11.9.